The molecule has 0 heterocycles. The van der Waals surface area contributed by atoms with Gasteiger partial charge in [0, 0.05) is 15.4 Å². The fraction of sp³-hybridized carbons (Fsp3) is 0.500. The fourth-order valence-electron chi connectivity index (χ4n) is 2.50. The maximum absolute atomic E-state index is 12.4. The lowest BCUT2D eigenvalue weighted by Gasteiger charge is -2.36. The molecule has 0 saturated heterocycles. The average Bonchev–Trinajstić information content (AvgIpc) is 2.42. The fourth-order valence-corrected chi connectivity index (χ4v) is 3.43. The van der Waals surface area contributed by atoms with Crippen LogP contribution in [0.15, 0.2) is 22.7 Å². The van der Waals surface area contributed by atoms with Crippen molar-refractivity contribution in [3.05, 3.63) is 33.3 Å². The predicted octanol–water partition coefficient (Wildman–Crippen LogP) is 4.77. The maximum atomic E-state index is 12.4. The zero-order chi connectivity index (χ0) is 13.9. The Morgan fingerprint density at radius 2 is 2.00 bits per heavy atom. The lowest BCUT2D eigenvalue weighted by Crippen LogP contribution is -2.51. The molecule has 0 atom stereocenters. The first-order chi connectivity index (χ1) is 9.06. The molecule has 1 saturated carbocycles. The van der Waals surface area contributed by atoms with Crippen LogP contribution in [0.1, 0.15) is 42.5 Å². The number of nitrogens with one attached hydrogen (secondary N) is 1. The lowest BCUT2D eigenvalue weighted by molar-refractivity contribution is 0.0884. The van der Waals surface area contributed by atoms with Crippen molar-refractivity contribution >= 4 is 45.0 Å². The van der Waals surface area contributed by atoms with Crippen LogP contribution in [0.25, 0.3) is 0 Å². The minimum atomic E-state index is -0.265. The standard InChI is InChI=1S/C14H16BrCl2NO/c15-12-5-4-10(17)8-11(12)13(19)18-14(9-16)6-2-1-3-7-14/h4-5,8H,1-3,6-7,9H2,(H,18,19). The molecule has 0 aromatic heterocycles. The zero-order valence-electron chi connectivity index (χ0n) is 10.5. The molecule has 2 rings (SSSR count). The van der Waals surface area contributed by atoms with Crippen LogP contribution in [0.4, 0.5) is 0 Å². The summed E-state index contributed by atoms with van der Waals surface area (Å²) < 4.78 is 0.745. The maximum Gasteiger partial charge on any atom is 0.252 e. The number of alkyl halides is 1. The number of hydrogen-bond donors (Lipinski definition) is 1. The smallest absolute Gasteiger partial charge is 0.252 e. The largest absolute Gasteiger partial charge is 0.345 e. The van der Waals surface area contributed by atoms with Gasteiger partial charge in [0.25, 0.3) is 5.91 Å². The van der Waals surface area contributed by atoms with E-state index < -0.39 is 0 Å². The minimum absolute atomic E-state index is 0.114. The van der Waals surface area contributed by atoms with Gasteiger partial charge >= 0.3 is 0 Å². The van der Waals surface area contributed by atoms with Crippen LogP contribution < -0.4 is 5.32 Å². The van der Waals surface area contributed by atoms with Crippen molar-refractivity contribution in [2.24, 2.45) is 0 Å². The van der Waals surface area contributed by atoms with Crippen molar-refractivity contribution in [1.82, 2.24) is 5.32 Å². The first-order valence-electron chi connectivity index (χ1n) is 6.40. The van der Waals surface area contributed by atoms with Gasteiger partial charge < -0.3 is 5.32 Å². The lowest BCUT2D eigenvalue weighted by atomic mass is 9.83. The van der Waals surface area contributed by atoms with Gasteiger partial charge in [0.2, 0.25) is 0 Å². The summed E-state index contributed by atoms with van der Waals surface area (Å²) in [6.45, 7) is 0. The van der Waals surface area contributed by atoms with Crippen molar-refractivity contribution in [1.29, 1.82) is 0 Å². The molecule has 0 aliphatic heterocycles. The van der Waals surface area contributed by atoms with Crippen LogP contribution in [0.3, 0.4) is 0 Å². The Morgan fingerprint density at radius 1 is 1.32 bits per heavy atom. The third-order valence-corrected chi connectivity index (χ3v) is 5.06. The van der Waals surface area contributed by atoms with Crippen LogP contribution in [0.2, 0.25) is 5.02 Å². The highest BCUT2D eigenvalue weighted by Gasteiger charge is 2.33. The first kappa shape index (κ1) is 15.1. The normalized spacial score (nSPS) is 18.1. The van der Waals surface area contributed by atoms with Gasteiger partial charge in [-0.1, -0.05) is 30.9 Å². The summed E-state index contributed by atoms with van der Waals surface area (Å²) in [4.78, 5) is 12.4. The Bertz CT molecular complexity index is 473. The Morgan fingerprint density at radius 3 is 2.63 bits per heavy atom. The van der Waals surface area contributed by atoms with E-state index in [1.54, 1.807) is 18.2 Å². The summed E-state index contributed by atoms with van der Waals surface area (Å²) >= 11 is 15.4. The molecule has 1 aromatic rings. The van der Waals surface area contributed by atoms with Gasteiger partial charge in [-0.2, -0.15) is 0 Å². The zero-order valence-corrected chi connectivity index (χ0v) is 13.6. The Kier molecular flexibility index (Phi) is 5.15. The van der Waals surface area contributed by atoms with E-state index in [9.17, 15) is 4.79 Å². The summed E-state index contributed by atoms with van der Waals surface area (Å²) in [5, 5.41) is 3.66. The Balaban J connectivity index is 2.17. The van der Waals surface area contributed by atoms with Gasteiger partial charge in [0.1, 0.15) is 0 Å². The van der Waals surface area contributed by atoms with E-state index in [1.165, 1.54) is 6.42 Å². The number of carbonyl (C=O) groups excluding carboxylic acids is 1. The molecule has 1 amide bonds. The molecular formula is C14H16BrCl2NO. The third-order valence-electron chi connectivity index (χ3n) is 3.62. The van der Waals surface area contributed by atoms with Crippen molar-refractivity contribution < 1.29 is 4.79 Å². The second-order valence-corrected chi connectivity index (χ2v) is 6.61. The third kappa shape index (κ3) is 3.65. The average molecular weight is 365 g/mol. The van der Waals surface area contributed by atoms with Gasteiger partial charge in [-0.15, -0.1) is 11.6 Å². The molecule has 104 valence electrons. The SMILES string of the molecule is O=C(NC1(CCl)CCCCC1)c1cc(Cl)ccc1Br. The van der Waals surface area contributed by atoms with Crippen LogP contribution in [-0.4, -0.2) is 17.3 Å². The summed E-state index contributed by atoms with van der Waals surface area (Å²) in [7, 11) is 0. The summed E-state index contributed by atoms with van der Waals surface area (Å²) in [6.07, 6.45) is 5.34. The highest BCUT2D eigenvalue weighted by atomic mass is 79.9. The molecule has 0 radical (unpaired) electrons. The molecular weight excluding hydrogens is 349 g/mol. The second kappa shape index (κ2) is 6.47. The Labute approximate surface area is 132 Å². The monoisotopic (exact) mass is 363 g/mol. The molecule has 1 fully saturated rings. The first-order valence-corrected chi connectivity index (χ1v) is 8.10. The van der Waals surface area contributed by atoms with Crippen LogP contribution >= 0.6 is 39.1 Å². The van der Waals surface area contributed by atoms with E-state index in [0.717, 1.165) is 30.2 Å². The molecule has 2 nitrogen and oxygen atoms in total. The minimum Gasteiger partial charge on any atom is -0.345 e. The van der Waals surface area contributed by atoms with Gasteiger partial charge in [0.15, 0.2) is 0 Å². The topological polar surface area (TPSA) is 29.1 Å². The molecule has 19 heavy (non-hydrogen) atoms. The van der Waals surface area contributed by atoms with E-state index in [0.29, 0.717) is 16.5 Å². The molecule has 1 aliphatic rings. The highest BCUT2D eigenvalue weighted by molar-refractivity contribution is 9.10. The quantitative estimate of drug-likeness (QED) is 0.768. The van der Waals surface area contributed by atoms with Gasteiger partial charge in [-0.25, -0.2) is 0 Å². The van der Waals surface area contributed by atoms with Crippen LogP contribution in [0.5, 0.6) is 0 Å². The van der Waals surface area contributed by atoms with Crippen LogP contribution in [-0.2, 0) is 0 Å². The molecule has 1 N–H and O–H groups in total. The molecule has 1 aromatic carbocycles. The van der Waals surface area contributed by atoms with Crippen molar-refractivity contribution in [2.45, 2.75) is 37.6 Å². The number of halogens is 3. The summed E-state index contributed by atoms with van der Waals surface area (Å²) in [5.41, 5.74) is 0.293. The molecule has 0 bridgehead atoms. The summed E-state index contributed by atoms with van der Waals surface area (Å²) in [6, 6.07) is 5.21. The van der Waals surface area contributed by atoms with E-state index in [2.05, 4.69) is 21.2 Å². The van der Waals surface area contributed by atoms with E-state index >= 15 is 0 Å². The number of rotatable bonds is 3. The van der Waals surface area contributed by atoms with Gasteiger partial charge in [-0.3, -0.25) is 4.79 Å². The van der Waals surface area contributed by atoms with E-state index in [-0.39, 0.29) is 11.4 Å². The number of carbonyl (C=O) groups is 1. The Hall–Kier alpha value is -0.250. The summed E-state index contributed by atoms with van der Waals surface area (Å²) in [5.74, 6) is 0.341. The van der Waals surface area contributed by atoms with Crippen LogP contribution in [0, 0.1) is 0 Å². The van der Waals surface area contributed by atoms with E-state index in [4.69, 9.17) is 23.2 Å². The predicted molar refractivity (Wildman–Crippen MR) is 83.2 cm³/mol. The van der Waals surface area contributed by atoms with Crippen molar-refractivity contribution in [3.63, 3.8) is 0 Å². The number of amides is 1. The molecule has 5 heteroatoms. The van der Waals surface area contributed by atoms with Gasteiger partial charge in [0.05, 0.1) is 11.1 Å². The molecule has 1 aliphatic carbocycles. The van der Waals surface area contributed by atoms with Crippen molar-refractivity contribution in [3.8, 4) is 0 Å². The second-order valence-electron chi connectivity index (χ2n) is 5.05. The van der Waals surface area contributed by atoms with Gasteiger partial charge in [-0.05, 0) is 47.0 Å². The number of benzene rings is 1. The number of hydrogen-bond acceptors (Lipinski definition) is 1. The van der Waals surface area contributed by atoms with E-state index in [1.807, 2.05) is 0 Å². The highest BCUT2D eigenvalue weighted by Crippen LogP contribution is 2.30. The molecule has 0 unspecified atom stereocenters. The molecule has 0 spiro atoms. The van der Waals surface area contributed by atoms with Crippen molar-refractivity contribution in [2.75, 3.05) is 5.88 Å².